The number of rotatable bonds is 8. The molecule has 2 fully saturated rings. The van der Waals surface area contributed by atoms with Gasteiger partial charge in [-0.1, -0.05) is 23.2 Å². The quantitative estimate of drug-likeness (QED) is 0.495. The lowest BCUT2D eigenvalue weighted by Gasteiger charge is -2.36. The molecule has 0 bridgehead atoms. The van der Waals surface area contributed by atoms with E-state index in [0.29, 0.717) is 28.3 Å². The van der Waals surface area contributed by atoms with Gasteiger partial charge in [0.25, 0.3) is 5.91 Å². The fraction of sp³-hybridized carbons (Fsp3) is 0.478. The van der Waals surface area contributed by atoms with E-state index in [1.165, 1.54) is 12.1 Å². The highest BCUT2D eigenvalue weighted by Gasteiger charge is 2.31. The highest BCUT2D eigenvalue weighted by atomic mass is 35.5. The summed E-state index contributed by atoms with van der Waals surface area (Å²) < 4.78 is 43.8. The third kappa shape index (κ3) is 6.07. The molecule has 0 radical (unpaired) electrons. The Hall–Kier alpha value is -1.78. The summed E-state index contributed by atoms with van der Waals surface area (Å²) in [5, 5.41) is 1.06. The molecule has 1 saturated heterocycles. The number of nitrogens with zero attached hydrogens (tertiary/aromatic N) is 2. The Labute approximate surface area is 210 Å². The minimum atomic E-state index is -2.81. The fourth-order valence-electron chi connectivity index (χ4n) is 4.33. The van der Waals surface area contributed by atoms with Crippen molar-refractivity contribution in [1.29, 1.82) is 0 Å². The number of amides is 1. The van der Waals surface area contributed by atoms with Crippen LogP contribution in [0.4, 0.5) is 4.39 Å². The van der Waals surface area contributed by atoms with Crippen LogP contribution in [0.15, 0.2) is 24.4 Å². The van der Waals surface area contributed by atoms with Gasteiger partial charge in [-0.2, -0.15) is 0 Å². The maximum atomic E-state index is 14.6. The molecule has 1 aliphatic carbocycles. The molecular weight excluding hydrogens is 504 g/mol. The van der Waals surface area contributed by atoms with Gasteiger partial charge in [0.1, 0.15) is 11.6 Å². The van der Waals surface area contributed by atoms with Crippen LogP contribution in [0.25, 0.3) is 0 Å². The first-order chi connectivity index (χ1) is 16.2. The lowest BCUT2D eigenvalue weighted by atomic mass is 9.96. The number of aromatic nitrogens is 1. The standard InChI is InChI=1S/C23H26Cl2FN3O4S/c1-13(22-19(25)8-16(24)11-27-22)29-6-4-14(5-7-29)12-33-21-10-20(26)18(23(30)28-34(31)32)9-17(21)15-2-3-15/h8-11,13-15H,2-7,12H2,1H3,(H,28,30)(H,31,32)/p-1. The normalized spacial score (nSPS) is 19.0. The van der Waals surface area contributed by atoms with Gasteiger partial charge in [-0.3, -0.25) is 23.6 Å². The van der Waals surface area contributed by atoms with Crippen LogP contribution in [0.2, 0.25) is 10.0 Å². The molecule has 1 aromatic heterocycles. The third-order valence-electron chi connectivity index (χ3n) is 6.44. The van der Waals surface area contributed by atoms with Crippen molar-refractivity contribution < 1.29 is 22.7 Å². The molecule has 1 aromatic carbocycles. The summed E-state index contributed by atoms with van der Waals surface area (Å²) in [6, 6.07) is 4.37. The molecule has 1 N–H and O–H groups in total. The summed E-state index contributed by atoms with van der Waals surface area (Å²) in [6.07, 6.45) is 5.27. The molecule has 2 aromatic rings. The molecule has 184 valence electrons. The van der Waals surface area contributed by atoms with Gasteiger partial charge in [0.15, 0.2) is 0 Å². The van der Waals surface area contributed by atoms with Crippen molar-refractivity contribution in [2.24, 2.45) is 5.92 Å². The largest absolute Gasteiger partial charge is 0.755 e. The zero-order valence-corrected chi connectivity index (χ0v) is 20.9. The minimum absolute atomic E-state index is 0.0596. The van der Waals surface area contributed by atoms with Gasteiger partial charge in [-0.25, -0.2) is 4.39 Å². The maximum Gasteiger partial charge on any atom is 0.265 e. The van der Waals surface area contributed by atoms with Crippen molar-refractivity contribution in [3.8, 4) is 5.75 Å². The van der Waals surface area contributed by atoms with Crippen LogP contribution in [0.5, 0.6) is 5.75 Å². The second-order valence-electron chi connectivity index (χ2n) is 8.80. The van der Waals surface area contributed by atoms with Crippen LogP contribution in [0.1, 0.15) is 66.2 Å². The Bertz CT molecular complexity index is 1090. The summed E-state index contributed by atoms with van der Waals surface area (Å²) in [7, 11) is 0. The summed E-state index contributed by atoms with van der Waals surface area (Å²) in [5.41, 5.74) is 1.25. The molecule has 4 rings (SSSR count). The summed E-state index contributed by atoms with van der Waals surface area (Å²) in [4.78, 5) is 18.7. The zero-order chi connectivity index (χ0) is 24.4. The van der Waals surface area contributed by atoms with E-state index in [4.69, 9.17) is 27.9 Å². The van der Waals surface area contributed by atoms with E-state index in [0.717, 1.165) is 50.0 Å². The fourth-order valence-corrected chi connectivity index (χ4v) is 5.13. The van der Waals surface area contributed by atoms with E-state index >= 15 is 0 Å². The van der Waals surface area contributed by atoms with Gasteiger partial charge in [0, 0.05) is 23.5 Å². The van der Waals surface area contributed by atoms with Gasteiger partial charge in [-0.05, 0) is 75.2 Å². The van der Waals surface area contributed by atoms with Crippen molar-refractivity contribution >= 4 is 40.4 Å². The molecule has 1 amide bonds. The van der Waals surface area contributed by atoms with Gasteiger partial charge in [-0.15, -0.1) is 0 Å². The average Bonchev–Trinajstić information content (AvgIpc) is 3.62. The van der Waals surface area contributed by atoms with Crippen molar-refractivity contribution in [3.63, 3.8) is 0 Å². The number of ether oxygens (including phenoxy) is 1. The van der Waals surface area contributed by atoms with Crippen molar-refractivity contribution in [3.05, 3.63) is 57.1 Å². The molecule has 2 atom stereocenters. The lowest BCUT2D eigenvalue weighted by molar-refractivity contribution is 0.0976. The van der Waals surface area contributed by atoms with Gasteiger partial charge >= 0.3 is 0 Å². The van der Waals surface area contributed by atoms with Crippen molar-refractivity contribution in [2.75, 3.05) is 19.7 Å². The number of halogens is 3. The number of hydrogen-bond donors (Lipinski definition) is 1. The van der Waals surface area contributed by atoms with E-state index in [9.17, 15) is 17.9 Å². The van der Waals surface area contributed by atoms with Gasteiger partial charge in [0.05, 0.1) is 34.0 Å². The summed E-state index contributed by atoms with van der Waals surface area (Å²) in [6.45, 7) is 4.22. The van der Waals surface area contributed by atoms with Gasteiger partial charge in [0.2, 0.25) is 0 Å². The molecule has 2 heterocycles. The Morgan fingerprint density at radius 3 is 2.62 bits per heavy atom. The molecule has 1 saturated carbocycles. The highest BCUT2D eigenvalue weighted by Crippen LogP contribution is 2.45. The van der Waals surface area contributed by atoms with Crippen molar-refractivity contribution in [2.45, 2.75) is 44.6 Å². The van der Waals surface area contributed by atoms with Crippen LogP contribution in [-0.2, 0) is 11.3 Å². The Morgan fingerprint density at radius 2 is 2.00 bits per heavy atom. The van der Waals surface area contributed by atoms with E-state index in [1.54, 1.807) is 17.0 Å². The number of hydrogen-bond acceptors (Lipinski definition) is 6. The van der Waals surface area contributed by atoms with Crippen LogP contribution >= 0.6 is 23.2 Å². The molecule has 7 nitrogen and oxygen atoms in total. The Balaban J connectivity index is 1.36. The first-order valence-corrected chi connectivity index (χ1v) is 13.0. The second kappa shape index (κ2) is 10.9. The predicted molar refractivity (Wildman–Crippen MR) is 127 cm³/mol. The van der Waals surface area contributed by atoms with E-state index in [1.807, 2.05) is 0 Å². The van der Waals surface area contributed by atoms with Crippen molar-refractivity contribution in [1.82, 2.24) is 14.6 Å². The molecular formula is C23H25Cl2FN3O4S-. The number of piperidine rings is 1. The number of benzene rings is 1. The number of nitrogens with one attached hydrogen (secondary N) is 1. The van der Waals surface area contributed by atoms with Crippen LogP contribution in [-0.4, -0.2) is 44.2 Å². The zero-order valence-electron chi connectivity index (χ0n) is 18.6. The van der Waals surface area contributed by atoms with Crippen LogP contribution in [0.3, 0.4) is 0 Å². The van der Waals surface area contributed by atoms with E-state index in [2.05, 4.69) is 16.8 Å². The molecule has 0 spiro atoms. The van der Waals surface area contributed by atoms with E-state index in [-0.39, 0.29) is 17.5 Å². The number of likely N-dealkylation sites (tertiary alicyclic amines) is 1. The summed E-state index contributed by atoms with van der Waals surface area (Å²) >= 11 is 9.47. The Kier molecular flexibility index (Phi) is 8.09. The first-order valence-electron chi connectivity index (χ1n) is 11.1. The predicted octanol–water partition coefficient (Wildman–Crippen LogP) is 4.78. The third-order valence-corrected chi connectivity index (χ3v) is 7.30. The monoisotopic (exact) mass is 528 g/mol. The lowest BCUT2D eigenvalue weighted by Crippen LogP contribution is -2.37. The van der Waals surface area contributed by atoms with Gasteiger partial charge < -0.3 is 9.29 Å². The smallest absolute Gasteiger partial charge is 0.265 e. The van der Waals surface area contributed by atoms with Crippen LogP contribution in [0, 0.1) is 11.7 Å². The molecule has 2 unspecified atom stereocenters. The Morgan fingerprint density at radius 1 is 1.29 bits per heavy atom. The number of carbonyl (C=O) groups excluding carboxylic acids is 1. The highest BCUT2D eigenvalue weighted by molar-refractivity contribution is 7.77. The molecule has 34 heavy (non-hydrogen) atoms. The second-order valence-corrected chi connectivity index (χ2v) is 10.3. The van der Waals surface area contributed by atoms with Crippen LogP contribution < -0.4 is 9.46 Å². The average molecular weight is 529 g/mol. The SMILES string of the molecule is CC(c1ncc(Cl)cc1Cl)N1CCC(COc2cc(F)c(C(=O)NS(=O)[O-])cc2C2CC2)CC1. The first kappa shape index (κ1) is 25.3. The topological polar surface area (TPSA) is 94.6 Å². The number of pyridine rings is 1. The molecule has 2 aliphatic rings. The summed E-state index contributed by atoms with van der Waals surface area (Å²) in [5.74, 6) is -0.876. The molecule has 1 aliphatic heterocycles. The number of carbonyl (C=O) groups is 1. The van der Waals surface area contributed by atoms with E-state index < -0.39 is 23.0 Å². The minimum Gasteiger partial charge on any atom is -0.755 e. The maximum absolute atomic E-state index is 14.6. The molecule has 11 heteroatoms.